The number of carboxylic acid groups (broad SMARTS) is 1. The molecule has 0 atom stereocenters. The Bertz CT molecular complexity index is 644. The average Bonchev–Trinajstić information content (AvgIpc) is 2.33. The number of aromatic carboxylic acids is 1. The molecule has 0 aliphatic heterocycles. The fourth-order valence-electron chi connectivity index (χ4n) is 1.49. The fourth-order valence-corrected chi connectivity index (χ4v) is 1.65. The molecule has 0 saturated carbocycles. The highest BCUT2D eigenvalue weighted by molar-refractivity contribution is 6.32. The summed E-state index contributed by atoms with van der Waals surface area (Å²) in [7, 11) is 0. The summed E-state index contributed by atoms with van der Waals surface area (Å²) in [6, 6.07) is 5.39. The topological polar surface area (TPSA) is 72.3 Å². The van der Waals surface area contributed by atoms with Crippen LogP contribution in [0.15, 0.2) is 24.4 Å². The van der Waals surface area contributed by atoms with Crippen LogP contribution in [0.3, 0.4) is 0 Å². The number of halogens is 1. The van der Waals surface area contributed by atoms with E-state index in [-0.39, 0.29) is 11.6 Å². The normalized spacial score (nSPS) is 10.3. The summed E-state index contributed by atoms with van der Waals surface area (Å²) in [5.74, 6) is -0.637. The first-order valence-electron chi connectivity index (χ1n) is 5.48. The van der Waals surface area contributed by atoms with Crippen LogP contribution in [-0.2, 0) is 0 Å². The van der Waals surface area contributed by atoms with Crippen LogP contribution < -0.4 is 4.74 Å². The number of ether oxygens (including phenoxy) is 1. The number of aromatic nitrogens is 2. The molecule has 1 heterocycles. The molecule has 1 aromatic heterocycles. The van der Waals surface area contributed by atoms with Crippen molar-refractivity contribution in [1.82, 2.24) is 9.97 Å². The first-order chi connectivity index (χ1) is 8.97. The molecule has 0 radical (unpaired) electrons. The van der Waals surface area contributed by atoms with Gasteiger partial charge in [0.15, 0.2) is 0 Å². The molecule has 0 spiro atoms. The maximum absolute atomic E-state index is 10.8. The molecule has 1 N–H and O–H groups in total. The number of aryl methyl sites for hydroxylation is 2. The number of hydrogen-bond donors (Lipinski definition) is 1. The highest BCUT2D eigenvalue weighted by atomic mass is 35.5. The zero-order valence-corrected chi connectivity index (χ0v) is 11.1. The third-order valence-electron chi connectivity index (χ3n) is 2.48. The van der Waals surface area contributed by atoms with Crippen molar-refractivity contribution in [2.45, 2.75) is 13.8 Å². The van der Waals surface area contributed by atoms with Gasteiger partial charge in [-0.05, 0) is 31.5 Å². The highest BCUT2D eigenvalue weighted by Crippen LogP contribution is 2.28. The van der Waals surface area contributed by atoms with Gasteiger partial charge < -0.3 is 9.84 Å². The maximum Gasteiger partial charge on any atom is 0.339 e. The van der Waals surface area contributed by atoms with Crippen LogP contribution in [0.1, 0.15) is 21.6 Å². The van der Waals surface area contributed by atoms with E-state index < -0.39 is 5.97 Å². The lowest BCUT2D eigenvalue weighted by Crippen LogP contribution is -2.04. The fraction of sp³-hybridized carbons (Fsp3) is 0.154. The summed E-state index contributed by atoms with van der Waals surface area (Å²) in [6.45, 7) is 3.48. The van der Waals surface area contributed by atoms with E-state index in [9.17, 15) is 4.79 Å². The zero-order chi connectivity index (χ0) is 14.0. The van der Waals surface area contributed by atoms with Gasteiger partial charge in [-0.25, -0.2) is 9.78 Å². The third kappa shape index (κ3) is 3.00. The summed E-state index contributed by atoms with van der Waals surface area (Å²) in [6.07, 6.45) is 1.21. The molecule has 5 nitrogen and oxygen atoms in total. The van der Waals surface area contributed by atoms with Crippen LogP contribution >= 0.6 is 11.6 Å². The Morgan fingerprint density at radius 3 is 2.74 bits per heavy atom. The molecular formula is C13H11ClN2O3. The van der Waals surface area contributed by atoms with Gasteiger partial charge in [0.1, 0.15) is 5.75 Å². The molecule has 1 aromatic carbocycles. The monoisotopic (exact) mass is 278 g/mol. The van der Waals surface area contributed by atoms with E-state index in [1.165, 1.54) is 6.20 Å². The Labute approximate surface area is 114 Å². The number of benzene rings is 1. The molecule has 0 aliphatic rings. The van der Waals surface area contributed by atoms with Crippen LogP contribution in [0.2, 0.25) is 5.02 Å². The van der Waals surface area contributed by atoms with Gasteiger partial charge in [0.05, 0.1) is 16.3 Å². The van der Waals surface area contributed by atoms with Crippen molar-refractivity contribution in [1.29, 1.82) is 0 Å². The van der Waals surface area contributed by atoms with Crippen molar-refractivity contribution >= 4 is 17.6 Å². The molecule has 0 saturated heterocycles. The number of nitrogens with zero attached hydrogens (tertiary/aromatic N) is 2. The van der Waals surface area contributed by atoms with E-state index >= 15 is 0 Å². The van der Waals surface area contributed by atoms with Crippen LogP contribution in [-0.4, -0.2) is 21.0 Å². The van der Waals surface area contributed by atoms with E-state index in [2.05, 4.69) is 9.97 Å². The summed E-state index contributed by atoms with van der Waals surface area (Å²) >= 11 is 5.99. The number of hydrogen-bond acceptors (Lipinski definition) is 4. The summed E-state index contributed by atoms with van der Waals surface area (Å²) < 4.78 is 5.46. The first-order valence-corrected chi connectivity index (χ1v) is 5.86. The van der Waals surface area contributed by atoms with E-state index in [1.54, 1.807) is 19.1 Å². The summed E-state index contributed by atoms with van der Waals surface area (Å²) in [5.41, 5.74) is 1.36. The Morgan fingerprint density at radius 1 is 1.37 bits per heavy atom. The van der Waals surface area contributed by atoms with Crippen LogP contribution in [0, 0.1) is 13.8 Å². The second kappa shape index (κ2) is 5.24. The molecule has 0 amide bonds. The van der Waals surface area contributed by atoms with Gasteiger partial charge in [-0.15, -0.1) is 0 Å². The molecule has 2 rings (SSSR count). The van der Waals surface area contributed by atoms with Crippen molar-refractivity contribution in [3.63, 3.8) is 0 Å². The number of rotatable bonds is 3. The van der Waals surface area contributed by atoms with E-state index in [4.69, 9.17) is 21.4 Å². The Morgan fingerprint density at radius 2 is 2.11 bits per heavy atom. The second-order valence-electron chi connectivity index (χ2n) is 3.99. The minimum Gasteiger partial charge on any atom is -0.478 e. The zero-order valence-electron chi connectivity index (χ0n) is 10.3. The quantitative estimate of drug-likeness (QED) is 0.933. The Hall–Kier alpha value is -2.14. The largest absolute Gasteiger partial charge is 0.478 e. The third-order valence-corrected chi connectivity index (χ3v) is 2.79. The molecule has 2 aromatic rings. The van der Waals surface area contributed by atoms with Crippen molar-refractivity contribution < 1.29 is 14.6 Å². The van der Waals surface area contributed by atoms with Gasteiger partial charge in [0, 0.05) is 6.20 Å². The molecule has 6 heteroatoms. The number of carboxylic acids is 1. The van der Waals surface area contributed by atoms with Crippen LogP contribution in [0.25, 0.3) is 0 Å². The minimum absolute atomic E-state index is 0.0442. The first kappa shape index (κ1) is 13.3. The van der Waals surface area contributed by atoms with Crippen LogP contribution in [0.5, 0.6) is 11.8 Å². The lowest BCUT2D eigenvalue weighted by Gasteiger charge is -2.07. The van der Waals surface area contributed by atoms with Gasteiger partial charge in [-0.2, -0.15) is 4.98 Å². The van der Waals surface area contributed by atoms with Crippen molar-refractivity contribution in [3.05, 3.63) is 46.2 Å². The van der Waals surface area contributed by atoms with Crippen molar-refractivity contribution in [2.24, 2.45) is 0 Å². The van der Waals surface area contributed by atoms with Gasteiger partial charge >= 0.3 is 12.0 Å². The van der Waals surface area contributed by atoms with Crippen molar-refractivity contribution in [3.8, 4) is 11.8 Å². The predicted molar refractivity (Wildman–Crippen MR) is 70.0 cm³/mol. The predicted octanol–water partition coefficient (Wildman–Crippen LogP) is 3.24. The SMILES string of the molecule is Cc1ccc(Cl)c(Oc2ncc(C(=O)O)c(C)n2)c1. The van der Waals surface area contributed by atoms with Gasteiger partial charge in [0.2, 0.25) is 0 Å². The van der Waals surface area contributed by atoms with Gasteiger partial charge in [-0.3, -0.25) is 0 Å². The standard InChI is InChI=1S/C13H11ClN2O3/c1-7-3-4-10(14)11(5-7)19-13-15-6-9(12(17)18)8(2)16-13/h3-6H,1-2H3,(H,17,18). The molecule has 0 bridgehead atoms. The van der Waals surface area contributed by atoms with Crippen molar-refractivity contribution in [2.75, 3.05) is 0 Å². The van der Waals surface area contributed by atoms with Crippen LogP contribution in [0.4, 0.5) is 0 Å². The smallest absolute Gasteiger partial charge is 0.339 e. The van der Waals surface area contributed by atoms with E-state index in [0.29, 0.717) is 16.5 Å². The Balaban J connectivity index is 2.31. The summed E-state index contributed by atoms with van der Waals surface area (Å²) in [5, 5.41) is 9.32. The highest BCUT2D eigenvalue weighted by Gasteiger charge is 2.12. The lowest BCUT2D eigenvalue weighted by molar-refractivity contribution is 0.0695. The van der Waals surface area contributed by atoms with E-state index in [0.717, 1.165) is 5.56 Å². The maximum atomic E-state index is 10.8. The molecule has 0 fully saturated rings. The van der Waals surface area contributed by atoms with Gasteiger partial charge in [-0.1, -0.05) is 17.7 Å². The second-order valence-corrected chi connectivity index (χ2v) is 4.40. The molecule has 0 unspecified atom stereocenters. The molecule has 0 aliphatic carbocycles. The van der Waals surface area contributed by atoms with E-state index in [1.807, 2.05) is 13.0 Å². The van der Waals surface area contributed by atoms with Gasteiger partial charge in [0.25, 0.3) is 0 Å². The molecule has 19 heavy (non-hydrogen) atoms. The lowest BCUT2D eigenvalue weighted by atomic mass is 10.2. The molecular weight excluding hydrogens is 268 g/mol. The Kier molecular flexibility index (Phi) is 3.66. The average molecular weight is 279 g/mol. The molecule has 98 valence electrons. The number of carbonyl (C=O) groups is 1. The summed E-state index contributed by atoms with van der Waals surface area (Å²) in [4.78, 5) is 18.7. The minimum atomic E-state index is -1.07.